The molecule has 2 aromatic carbocycles. The number of nitrogens with zero attached hydrogens (tertiary/aromatic N) is 1. The molecule has 1 fully saturated rings. The summed E-state index contributed by atoms with van der Waals surface area (Å²) in [4.78, 5) is 25.4. The van der Waals surface area contributed by atoms with Gasteiger partial charge in [0.15, 0.2) is 5.70 Å². The zero-order valence-corrected chi connectivity index (χ0v) is 16.5. The van der Waals surface area contributed by atoms with Gasteiger partial charge in [-0.15, -0.1) is 0 Å². The minimum Gasteiger partial charge on any atom is -0.476 e. The predicted octanol–water partition coefficient (Wildman–Crippen LogP) is 1.84. The van der Waals surface area contributed by atoms with Gasteiger partial charge in [-0.25, -0.2) is 4.79 Å². The molecule has 2 aromatic rings. The highest BCUT2D eigenvalue weighted by molar-refractivity contribution is 7.74. The lowest BCUT2D eigenvalue weighted by atomic mass is 9.83. The van der Waals surface area contributed by atoms with Gasteiger partial charge in [-0.3, -0.25) is 14.3 Å². The molecule has 0 saturated carbocycles. The number of hydrogen-bond donors (Lipinski definition) is 2. The molecule has 2 aliphatic heterocycles. The Morgan fingerprint density at radius 1 is 1.10 bits per heavy atom. The van der Waals surface area contributed by atoms with Crippen molar-refractivity contribution in [1.82, 2.24) is 4.90 Å². The number of amides is 1. The molecule has 2 N–H and O–H groups in total. The number of rotatable bonds is 6. The van der Waals surface area contributed by atoms with Gasteiger partial charge in [-0.2, -0.15) is 0 Å². The van der Waals surface area contributed by atoms with E-state index < -0.39 is 37.3 Å². The molecular weight excluding hydrogens is 393 g/mol. The number of aliphatic hydroxyl groups excluding tert-OH is 1. The maximum absolute atomic E-state index is 14.1. The normalized spacial score (nSPS) is 22.1. The van der Waals surface area contributed by atoms with Gasteiger partial charge in [-0.05, 0) is 31.2 Å². The molecule has 3 atom stereocenters. The van der Waals surface area contributed by atoms with Crippen LogP contribution in [0.5, 0.6) is 0 Å². The number of carboxylic acids is 1. The zero-order chi connectivity index (χ0) is 20.8. The zero-order valence-electron chi connectivity index (χ0n) is 15.6. The summed E-state index contributed by atoms with van der Waals surface area (Å²) in [5, 5.41) is 20.4. The first kappa shape index (κ1) is 19.4. The van der Waals surface area contributed by atoms with Crippen LogP contribution in [-0.2, 0) is 18.7 Å². The third-order valence-corrected chi connectivity index (χ3v) is 7.76. The summed E-state index contributed by atoms with van der Waals surface area (Å²) in [6.45, 7) is 1.50. The first-order chi connectivity index (χ1) is 13.8. The van der Waals surface area contributed by atoms with Crippen molar-refractivity contribution < 1.29 is 28.9 Å². The van der Waals surface area contributed by atoms with Crippen LogP contribution in [0.1, 0.15) is 13.3 Å². The summed E-state index contributed by atoms with van der Waals surface area (Å²) in [6, 6.07) is 16.7. The molecule has 0 aliphatic carbocycles. The highest BCUT2D eigenvalue weighted by Crippen LogP contribution is 2.52. The molecule has 4 rings (SSSR count). The number of aliphatic carboxylic acids is 1. The number of carbonyl (C=O) groups excluding carboxylic acids is 1. The lowest BCUT2D eigenvalue weighted by molar-refractivity contribution is -0.161. The highest BCUT2D eigenvalue weighted by Gasteiger charge is 2.58. The van der Waals surface area contributed by atoms with E-state index in [1.54, 1.807) is 60.7 Å². The average Bonchev–Trinajstić information content (AvgIpc) is 3.03. The Hall–Kier alpha value is -2.89. The van der Waals surface area contributed by atoms with E-state index in [-0.39, 0.29) is 17.9 Å². The Bertz CT molecular complexity index is 990. The number of hydrogen-bond acceptors (Lipinski definition) is 5. The average molecular weight is 413 g/mol. The minimum atomic E-state index is -3.66. The van der Waals surface area contributed by atoms with E-state index in [0.717, 1.165) is 4.90 Å². The van der Waals surface area contributed by atoms with Crippen LogP contribution in [0, 0.1) is 5.92 Å². The molecule has 0 spiro atoms. The van der Waals surface area contributed by atoms with Crippen LogP contribution in [0.25, 0.3) is 0 Å². The second-order valence-electron chi connectivity index (χ2n) is 7.14. The molecule has 29 heavy (non-hydrogen) atoms. The van der Waals surface area contributed by atoms with Crippen LogP contribution in [0.15, 0.2) is 72.1 Å². The Balaban J connectivity index is 1.78. The van der Waals surface area contributed by atoms with Crippen molar-refractivity contribution in [2.45, 2.75) is 25.5 Å². The monoisotopic (exact) mass is 413 g/mol. The van der Waals surface area contributed by atoms with Crippen LogP contribution in [0.2, 0.25) is 0 Å². The number of carbonyl (C=O) groups is 2. The molecule has 8 heteroatoms. The van der Waals surface area contributed by atoms with E-state index >= 15 is 0 Å². The third kappa shape index (κ3) is 3.07. The molecule has 1 saturated heterocycles. The summed E-state index contributed by atoms with van der Waals surface area (Å²) in [5.41, 5.74) is -0.302. The van der Waals surface area contributed by atoms with Crippen LogP contribution in [0.4, 0.5) is 0 Å². The second-order valence-corrected chi connectivity index (χ2v) is 9.46. The Kier molecular flexibility index (Phi) is 4.81. The molecule has 7 nitrogen and oxygen atoms in total. The molecule has 1 amide bonds. The van der Waals surface area contributed by atoms with Crippen LogP contribution < -0.4 is 10.6 Å². The molecular formula is C21H20NO6P. The van der Waals surface area contributed by atoms with Crippen molar-refractivity contribution in [2.24, 2.45) is 5.92 Å². The predicted molar refractivity (Wildman–Crippen MR) is 106 cm³/mol. The fourth-order valence-electron chi connectivity index (χ4n) is 3.97. The van der Waals surface area contributed by atoms with E-state index in [1.165, 1.54) is 6.92 Å². The summed E-state index contributed by atoms with van der Waals surface area (Å²) in [5.74, 6) is -2.49. The Morgan fingerprint density at radius 2 is 1.62 bits per heavy atom. The van der Waals surface area contributed by atoms with E-state index in [4.69, 9.17) is 4.52 Å². The topological polar surface area (TPSA) is 104 Å². The van der Waals surface area contributed by atoms with Gasteiger partial charge < -0.3 is 14.7 Å². The first-order valence-electron chi connectivity index (χ1n) is 9.23. The van der Waals surface area contributed by atoms with E-state index in [0.29, 0.717) is 10.6 Å². The standard InChI is InChI=1S/C21H20NO6P/c1-13(23)18-16-12-17(19(21(25)26)22(16)20(18)24)28-29(27,14-8-4-2-5-9-14)15-10-6-3-7-11-15/h2-11,13,16,18,23H,12H2,1H3,(H,25,26)/t13?,16?,18-/m0/s1. The maximum Gasteiger partial charge on any atom is 0.356 e. The van der Waals surface area contributed by atoms with Gasteiger partial charge in [0, 0.05) is 6.42 Å². The molecule has 2 aliphatic rings. The molecule has 0 aromatic heterocycles. The van der Waals surface area contributed by atoms with Crippen molar-refractivity contribution >= 4 is 29.9 Å². The summed E-state index contributed by atoms with van der Waals surface area (Å²) < 4.78 is 20.1. The lowest BCUT2D eigenvalue weighted by Crippen LogP contribution is -2.61. The number of benzene rings is 2. The number of carboxylic acid groups (broad SMARTS) is 1. The van der Waals surface area contributed by atoms with Gasteiger partial charge in [0.1, 0.15) is 5.76 Å². The molecule has 0 bridgehead atoms. The lowest BCUT2D eigenvalue weighted by Gasteiger charge is -2.44. The second kappa shape index (κ2) is 7.17. The van der Waals surface area contributed by atoms with Crippen molar-refractivity contribution in [3.8, 4) is 0 Å². The van der Waals surface area contributed by atoms with Crippen LogP contribution >= 0.6 is 7.37 Å². The maximum atomic E-state index is 14.1. The highest BCUT2D eigenvalue weighted by atomic mass is 31.2. The Morgan fingerprint density at radius 3 is 2.07 bits per heavy atom. The largest absolute Gasteiger partial charge is 0.476 e. The van der Waals surface area contributed by atoms with E-state index in [2.05, 4.69) is 0 Å². The van der Waals surface area contributed by atoms with Crippen molar-refractivity contribution in [3.05, 3.63) is 72.1 Å². The van der Waals surface area contributed by atoms with Gasteiger partial charge >= 0.3 is 13.3 Å². The minimum absolute atomic E-state index is 0.00459. The summed E-state index contributed by atoms with van der Waals surface area (Å²) in [7, 11) is -3.66. The fraction of sp³-hybridized carbons (Fsp3) is 0.238. The molecule has 0 radical (unpaired) electrons. The molecule has 150 valence electrons. The van der Waals surface area contributed by atoms with E-state index in [9.17, 15) is 24.4 Å². The summed E-state index contributed by atoms with van der Waals surface area (Å²) >= 11 is 0. The van der Waals surface area contributed by atoms with E-state index in [1.807, 2.05) is 0 Å². The number of β-lactam (4-membered cyclic amide) rings is 1. The number of aliphatic hydroxyl groups is 1. The fourth-order valence-corrected chi connectivity index (χ4v) is 6.08. The first-order valence-corrected chi connectivity index (χ1v) is 10.9. The van der Waals surface area contributed by atoms with Gasteiger partial charge in [0.05, 0.1) is 28.7 Å². The quantitative estimate of drug-likeness (QED) is 0.553. The summed E-state index contributed by atoms with van der Waals surface area (Å²) in [6.07, 6.45) is -0.819. The smallest absolute Gasteiger partial charge is 0.356 e. The van der Waals surface area contributed by atoms with Gasteiger partial charge in [0.2, 0.25) is 5.91 Å². The molecule has 2 unspecified atom stereocenters. The van der Waals surface area contributed by atoms with Gasteiger partial charge in [0.25, 0.3) is 0 Å². The van der Waals surface area contributed by atoms with Crippen LogP contribution in [0.3, 0.4) is 0 Å². The third-order valence-electron chi connectivity index (χ3n) is 5.32. The Labute approximate surface area is 167 Å². The van der Waals surface area contributed by atoms with Crippen molar-refractivity contribution in [1.29, 1.82) is 0 Å². The number of fused-ring (bicyclic) bond motifs is 1. The van der Waals surface area contributed by atoms with Crippen molar-refractivity contribution in [3.63, 3.8) is 0 Å². The molecule has 2 heterocycles. The SMILES string of the molecule is CC(O)[C@@H]1C(=O)N2C(C(=O)O)=C(OP(=O)(c3ccccc3)c3ccccc3)CC12. The van der Waals surface area contributed by atoms with Gasteiger partial charge in [-0.1, -0.05) is 36.4 Å². The van der Waals surface area contributed by atoms with Crippen molar-refractivity contribution in [2.75, 3.05) is 0 Å². The van der Waals surface area contributed by atoms with Crippen LogP contribution in [-0.4, -0.2) is 39.1 Å².